The van der Waals surface area contributed by atoms with Gasteiger partial charge in [0, 0.05) is 5.92 Å². The molecule has 76 valence electrons. The molecule has 2 rings (SSSR count). The monoisotopic (exact) mass is 203 g/mol. The number of hydrogen-bond acceptors (Lipinski definition) is 2. The summed E-state index contributed by atoms with van der Waals surface area (Å²) in [4.78, 5) is 11.1. The molecule has 0 amide bonds. The average Bonchev–Trinajstić information content (AvgIpc) is 2.98. The largest absolute Gasteiger partial charge is 0.300 e. The lowest BCUT2D eigenvalue weighted by Gasteiger charge is -2.00. The number of nitrogens with zero attached hydrogens (tertiary/aromatic N) is 1. The molecular weight excluding hydrogens is 193 g/mol. The predicted molar refractivity (Wildman–Crippen MR) is 52.6 cm³/mol. The smallest absolute Gasteiger partial charge is 0.140 e. The summed E-state index contributed by atoms with van der Waals surface area (Å²) in [7, 11) is 0. The van der Waals surface area contributed by atoms with E-state index in [4.69, 9.17) is 5.26 Å². The highest BCUT2D eigenvalue weighted by molar-refractivity contribution is 5.82. The third kappa shape index (κ3) is 1.75. The molecule has 0 bridgehead atoms. The topological polar surface area (TPSA) is 40.9 Å². The van der Waals surface area contributed by atoms with Crippen LogP contribution in [0.3, 0.4) is 0 Å². The van der Waals surface area contributed by atoms with Crippen LogP contribution in [0, 0.1) is 23.1 Å². The molecule has 15 heavy (non-hydrogen) atoms. The maximum Gasteiger partial charge on any atom is 0.140 e. The first kappa shape index (κ1) is 9.85. The molecule has 0 aromatic heterocycles. The Bertz CT molecular complexity index is 461. The van der Waals surface area contributed by atoms with E-state index >= 15 is 0 Å². The lowest BCUT2D eigenvalue weighted by molar-refractivity contribution is -0.118. The molecule has 2 nitrogen and oxygen atoms in total. The molecule has 1 saturated carbocycles. The summed E-state index contributed by atoms with van der Waals surface area (Å²) in [5, 5.41) is 8.66. The van der Waals surface area contributed by atoms with Crippen molar-refractivity contribution < 1.29 is 9.18 Å². The molecule has 0 aliphatic heterocycles. The van der Waals surface area contributed by atoms with Crippen LogP contribution in [0.1, 0.15) is 30.4 Å². The van der Waals surface area contributed by atoms with Crippen molar-refractivity contribution >= 4 is 5.78 Å². The molecule has 1 aromatic carbocycles. The molecule has 1 aliphatic rings. The second-order valence-electron chi connectivity index (χ2n) is 3.91. The number of Topliss-reactive ketones (excluding diaryl/α,β-unsaturated/α-hetero) is 1. The van der Waals surface area contributed by atoms with Crippen molar-refractivity contribution in [1.29, 1.82) is 5.26 Å². The fourth-order valence-electron chi connectivity index (χ4n) is 1.87. The van der Waals surface area contributed by atoms with E-state index in [9.17, 15) is 9.18 Å². The summed E-state index contributed by atoms with van der Waals surface area (Å²) in [6, 6.07) is 6.30. The summed E-state index contributed by atoms with van der Waals surface area (Å²) in [5.74, 6) is -0.0682. The molecule has 2 atom stereocenters. The first-order valence-corrected chi connectivity index (χ1v) is 4.83. The second-order valence-corrected chi connectivity index (χ2v) is 3.91. The molecule has 0 heterocycles. The fraction of sp³-hybridized carbons (Fsp3) is 0.333. The quantitative estimate of drug-likeness (QED) is 0.740. The third-order valence-corrected chi connectivity index (χ3v) is 2.85. The van der Waals surface area contributed by atoms with E-state index in [1.54, 1.807) is 25.1 Å². The van der Waals surface area contributed by atoms with Crippen LogP contribution in [0.25, 0.3) is 0 Å². The van der Waals surface area contributed by atoms with Gasteiger partial charge in [0.15, 0.2) is 0 Å². The van der Waals surface area contributed by atoms with Crippen LogP contribution in [0.15, 0.2) is 18.2 Å². The molecule has 0 radical (unpaired) electrons. The summed E-state index contributed by atoms with van der Waals surface area (Å²) in [5.41, 5.74) is 0.954. The van der Waals surface area contributed by atoms with Gasteiger partial charge in [-0.3, -0.25) is 4.79 Å². The van der Waals surface area contributed by atoms with E-state index in [0.717, 1.165) is 12.0 Å². The van der Waals surface area contributed by atoms with Crippen LogP contribution in [-0.4, -0.2) is 5.78 Å². The Kier molecular flexibility index (Phi) is 2.28. The van der Waals surface area contributed by atoms with Crippen LogP contribution < -0.4 is 0 Å². The number of nitriles is 1. The second kappa shape index (κ2) is 3.47. The summed E-state index contributed by atoms with van der Waals surface area (Å²) in [6.07, 6.45) is 0.825. The number of carbonyl (C=O) groups excluding carboxylic acids is 1. The van der Waals surface area contributed by atoms with Crippen molar-refractivity contribution in [3.8, 4) is 6.07 Å². The first-order chi connectivity index (χ1) is 7.13. The molecule has 1 fully saturated rings. The van der Waals surface area contributed by atoms with Gasteiger partial charge in [-0.25, -0.2) is 4.39 Å². The number of carbonyl (C=O) groups is 1. The molecule has 0 saturated heterocycles. The SMILES string of the molecule is CC(=O)C1CC1c1ccc(F)c(C#N)c1. The lowest BCUT2D eigenvalue weighted by atomic mass is 10.0. The van der Waals surface area contributed by atoms with Crippen molar-refractivity contribution in [1.82, 2.24) is 0 Å². The minimum atomic E-state index is -0.499. The zero-order valence-electron chi connectivity index (χ0n) is 8.33. The predicted octanol–water partition coefficient (Wildman–Crippen LogP) is 2.39. The van der Waals surface area contributed by atoms with Gasteiger partial charge < -0.3 is 0 Å². The number of hydrogen-bond donors (Lipinski definition) is 0. The Morgan fingerprint density at radius 3 is 2.87 bits per heavy atom. The first-order valence-electron chi connectivity index (χ1n) is 4.83. The number of ketones is 1. The summed E-state index contributed by atoms with van der Waals surface area (Å²) in [6.45, 7) is 1.57. The Labute approximate surface area is 87.3 Å². The highest BCUT2D eigenvalue weighted by Crippen LogP contribution is 2.48. The molecule has 3 heteroatoms. The maximum atomic E-state index is 13.0. The molecule has 1 aromatic rings. The van der Waals surface area contributed by atoms with Gasteiger partial charge in [0.05, 0.1) is 5.56 Å². The van der Waals surface area contributed by atoms with Crippen LogP contribution in [0.5, 0.6) is 0 Å². The number of rotatable bonds is 2. The van der Waals surface area contributed by atoms with E-state index in [2.05, 4.69) is 0 Å². The van der Waals surface area contributed by atoms with Crippen molar-refractivity contribution in [2.75, 3.05) is 0 Å². The van der Waals surface area contributed by atoms with Gasteiger partial charge in [-0.1, -0.05) is 6.07 Å². The van der Waals surface area contributed by atoms with E-state index in [0.29, 0.717) is 0 Å². The number of halogens is 1. The van der Waals surface area contributed by atoms with E-state index in [1.807, 2.05) is 0 Å². The fourth-order valence-corrected chi connectivity index (χ4v) is 1.87. The van der Waals surface area contributed by atoms with Crippen molar-refractivity contribution in [3.63, 3.8) is 0 Å². The third-order valence-electron chi connectivity index (χ3n) is 2.85. The summed E-state index contributed by atoms with van der Waals surface area (Å²) < 4.78 is 13.0. The van der Waals surface area contributed by atoms with Crippen LogP contribution >= 0.6 is 0 Å². The van der Waals surface area contributed by atoms with Gasteiger partial charge in [-0.2, -0.15) is 5.26 Å². The Hall–Kier alpha value is -1.69. The normalized spacial score (nSPS) is 23.3. The van der Waals surface area contributed by atoms with Crippen molar-refractivity contribution in [2.45, 2.75) is 19.3 Å². The number of benzene rings is 1. The van der Waals surface area contributed by atoms with Gasteiger partial charge in [0.25, 0.3) is 0 Å². The summed E-state index contributed by atoms with van der Waals surface area (Å²) >= 11 is 0. The Morgan fingerprint density at radius 1 is 1.60 bits per heavy atom. The minimum absolute atomic E-state index is 0.0571. The van der Waals surface area contributed by atoms with E-state index in [-0.39, 0.29) is 23.2 Å². The van der Waals surface area contributed by atoms with Gasteiger partial charge in [-0.15, -0.1) is 0 Å². The molecular formula is C12H10FNO. The van der Waals surface area contributed by atoms with Crippen LogP contribution in [-0.2, 0) is 4.79 Å². The van der Waals surface area contributed by atoms with E-state index < -0.39 is 5.82 Å². The zero-order valence-corrected chi connectivity index (χ0v) is 8.33. The standard InChI is InChI=1S/C12H10FNO/c1-7(15)10-5-11(10)8-2-3-12(13)9(4-8)6-14/h2-4,10-11H,5H2,1H3. The van der Waals surface area contributed by atoms with Gasteiger partial charge in [0.1, 0.15) is 17.7 Å². The average molecular weight is 203 g/mol. The van der Waals surface area contributed by atoms with Crippen molar-refractivity contribution in [3.05, 3.63) is 35.1 Å². The zero-order chi connectivity index (χ0) is 11.0. The minimum Gasteiger partial charge on any atom is -0.300 e. The molecule has 2 unspecified atom stereocenters. The molecule has 0 N–H and O–H groups in total. The maximum absolute atomic E-state index is 13.0. The van der Waals surface area contributed by atoms with Crippen LogP contribution in [0.2, 0.25) is 0 Å². The van der Waals surface area contributed by atoms with Gasteiger partial charge >= 0.3 is 0 Å². The van der Waals surface area contributed by atoms with Gasteiger partial charge in [0.2, 0.25) is 0 Å². The van der Waals surface area contributed by atoms with Crippen LogP contribution in [0.4, 0.5) is 4.39 Å². The van der Waals surface area contributed by atoms with Gasteiger partial charge in [-0.05, 0) is 37.0 Å². The van der Waals surface area contributed by atoms with Crippen molar-refractivity contribution in [2.24, 2.45) is 5.92 Å². The Morgan fingerprint density at radius 2 is 2.33 bits per heavy atom. The highest BCUT2D eigenvalue weighted by atomic mass is 19.1. The molecule has 0 spiro atoms. The van der Waals surface area contributed by atoms with E-state index in [1.165, 1.54) is 6.07 Å². The molecule has 1 aliphatic carbocycles. The Balaban J connectivity index is 2.26. The highest BCUT2D eigenvalue weighted by Gasteiger charge is 2.41. The lowest BCUT2D eigenvalue weighted by Crippen LogP contribution is -1.95.